The zero-order chi connectivity index (χ0) is 23.0. The van der Waals surface area contributed by atoms with Gasteiger partial charge in [-0.15, -0.1) is 0 Å². The summed E-state index contributed by atoms with van der Waals surface area (Å²) >= 11 is 0. The predicted octanol–water partition coefficient (Wildman–Crippen LogP) is 3.04. The number of ketones is 1. The highest BCUT2D eigenvalue weighted by atomic mass is 19.1. The van der Waals surface area contributed by atoms with Crippen LogP contribution in [0.5, 0.6) is 0 Å². The van der Waals surface area contributed by atoms with Crippen LogP contribution in [0.2, 0.25) is 0 Å². The Labute approximate surface area is 186 Å². The number of benzene rings is 1. The van der Waals surface area contributed by atoms with Crippen LogP contribution in [-0.4, -0.2) is 39.4 Å². The van der Waals surface area contributed by atoms with Crippen LogP contribution in [0.25, 0.3) is 0 Å². The Morgan fingerprint density at radius 2 is 1.91 bits per heavy atom. The molecule has 1 aromatic heterocycles. The maximum atomic E-state index is 13.6. The summed E-state index contributed by atoms with van der Waals surface area (Å²) in [6, 6.07) is 3.92. The molecule has 1 saturated carbocycles. The molecule has 2 atom stereocenters. The van der Waals surface area contributed by atoms with E-state index >= 15 is 0 Å². The zero-order valence-corrected chi connectivity index (χ0v) is 18.3. The molecule has 0 saturated heterocycles. The topological polar surface area (TPSA) is 100 Å². The van der Waals surface area contributed by atoms with Gasteiger partial charge in [0, 0.05) is 17.9 Å². The van der Waals surface area contributed by atoms with E-state index in [-0.39, 0.29) is 17.4 Å². The number of hydrogen-bond acceptors (Lipinski definition) is 4. The van der Waals surface area contributed by atoms with Gasteiger partial charge in [-0.25, -0.2) is 4.39 Å². The van der Waals surface area contributed by atoms with Crippen LogP contribution in [0.3, 0.4) is 0 Å². The van der Waals surface area contributed by atoms with Gasteiger partial charge in [-0.1, -0.05) is 0 Å². The lowest BCUT2D eigenvalue weighted by atomic mass is 10.0. The van der Waals surface area contributed by atoms with Gasteiger partial charge in [0.05, 0.1) is 23.4 Å². The fraction of sp³-hybridized carbons (Fsp3) is 0.458. The van der Waals surface area contributed by atoms with E-state index in [1.54, 1.807) is 24.5 Å². The Kier molecular flexibility index (Phi) is 6.15. The molecule has 4 rings (SSSR count). The molecule has 0 radical (unpaired) electrons. The number of nitrogens with one attached hydrogen (secondary N) is 2. The molecule has 3 N–H and O–H groups in total. The van der Waals surface area contributed by atoms with Gasteiger partial charge in [-0.3, -0.25) is 14.4 Å². The molecule has 0 spiro atoms. The minimum atomic E-state index is -0.758. The Hall–Kier alpha value is -3.00. The summed E-state index contributed by atoms with van der Waals surface area (Å²) < 4.78 is 15.4. The molecule has 2 heterocycles. The number of amides is 2. The Morgan fingerprint density at radius 1 is 1.12 bits per heavy atom. The van der Waals surface area contributed by atoms with E-state index < -0.39 is 23.8 Å². The second-order valence-electron chi connectivity index (χ2n) is 8.73. The molecule has 1 aliphatic heterocycles. The average Bonchev–Trinajstić information content (AvgIpc) is 3.29. The highest BCUT2D eigenvalue weighted by Crippen LogP contribution is 2.30. The van der Waals surface area contributed by atoms with Gasteiger partial charge in [-0.2, -0.15) is 0 Å². The van der Waals surface area contributed by atoms with Crippen LogP contribution >= 0.6 is 0 Å². The van der Waals surface area contributed by atoms with Crippen LogP contribution in [0.1, 0.15) is 69.8 Å². The molecule has 7 nitrogen and oxygen atoms in total. The fourth-order valence-electron chi connectivity index (χ4n) is 4.84. The highest BCUT2D eigenvalue weighted by Gasteiger charge is 2.34. The molecular formula is C24H28FN3O4. The number of aryl methyl sites for hydroxylation is 1. The van der Waals surface area contributed by atoms with E-state index in [1.165, 1.54) is 12.1 Å². The van der Waals surface area contributed by atoms with Crippen molar-refractivity contribution in [3.8, 4) is 0 Å². The molecule has 32 heavy (non-hydrogen) atoms. The molecule has 0 bridgehead atoms. The summed E-state index contributed by atoms with van der Waals surface area (Å²) in [4.78, 5) is 39.0. The van der Waals surface area contributed by atoms with Gasteiger partial charge < -0.3 is 20.3 Å². The summed E-state index contributed by atoms with van der Waals surface area (Å²) in [6.07, 6.45) is 3.75. The third kappa shape index (κ3) is 4.07. The van der Waals surface area contributed by atoms with Crippen molar-refractivity contribution < 1.29 is 23.9 Å². The van der Waals surface area contributed by atoms with Crippen LogP contribution in [-0.2, 0) is 17.8 Å². The van der Waals surface area contributed by atoms with Gasteiger partial charge in [0.1, 0.15) is 5.82 Å². The maximum absolute atomic E-state index is 13.6. The fourth-order valence-corrected chi connectivity index (χ4v) is 4.84. The van der Waals surface area contributed by atoms with E-state index in [2.05, 4.69) is 10.6 Å². The molecular weight excluding hydrogens is 413 g/mol. The summed E-state index contributed by atoms with van der Waals surface area (Å²) in [6.45, 7) is 3.85. The number of carbonyl (C=O) groups is 3. The first-order chi connectivity index (χ1) is 15.3. The van der Waals surface area contributed by atoms with E-state index in [0.29, 0.717) is 48.2 Å². The molecule has 1 aromatic carbocycles. The number of fused-ring (bicyclic) bond motifs is 1. The molecule has 0 unspecified atom stereocenters. The number of aliphatic hydroxyl groups excluding tert-OH is 1. The number of aliphatic hydroxyl groups is 1. The molecule has 1 fully saturated rings. The molecule has 2 aromatic rings. The standard InChI is InChI=1S/C24H28FN3O4/c1-13-12-15(9-10-16(13)25)26-23(31)20-14(2)21(28-11-4-3-7-18(20)28)22(30)24(32)27-17-6-5-8-19(17)29/h9-10,12,17,19,29H,3-8,11H2,1-2H3,(H,26,31)(H,27,32)/t17-,19+/m0/s1. The lowest BCUT2D eigenvalue weighted by Crippen LogP contribution is -2.43. The van der Waals surface area contributed by atoms with E-state index in [0.717, 1.165) is 25.0 Å². The van der Waals surface area contributed by atoms with Gasteiger partial charge in [0.25, 0.3) is 17.6 Å². The van der Waals surface area contributed by atoms with Gasteiger partial charge in [0.15, 0.2) is 0 Å². The van der Waals surface area contributed by atoms with Gasteiger partial charge in [-0.05, 0) is 81.7 Å². The summed E-state index contributed by atoms with van der Waals surface area (Å²) in [5.74, 6) is -2.19. The normalized spacial score (nSPS) is 20.0. The third-order valence-electron chi connectivity index (χ3n) is 6.52. The monoisotopic (exact) mass is 441 g/mol. The quantitative estimate of drug-likeness (QED) is 0.490. The third-order valence-corrected chi connectivity index (χ3v) is 6.52. The smallest absolute Gasteiger partial charge is 0.294 e. The number of anilines is 1. The number of carbonyl (C=O) groups excluding carboxylic acids is 3. The number of nitrogens with zero attached hydrogens (tertiary/aromatic N) is 1. The van der Waals surface area contributed by atoms with Crippen molar-refractivity contribution in [3.63, 3.8) is 0 Å². The minimum Gasteiger partial charge on any atom is -0.391 e. The first-order valence-electron chi connectivity index (χ1n) is 11.1. The van der Waals surface area contributed by atoms with Crippen molar-refractivity contribution in [2.75, 3.05) is 5.32 Å². The molecule has 2 amide bonds. The van der Waals surface area contributed by atoms with E-state index in [4.69, 9.17) is 0 Å². The number of rotatable bonds is 5. The Balaban J connectivity index is 1.64. The van der Waals surface area contributed by atoms with Gasteiger partial charge >= 0.3 is 0 Å². The summed E-state index contributed by atoms with van der Waals surface area (Å²) in [7, 11) is 0. The first kappa shape index (κ1) is 22.2. The second kappa shape index (κ2) is 8.86. The molecule has 8 heteroatoms. The summed E-state index contributed by atoms with van der Waals surface area (Å²) in [5, 5.41) is 15.4. The van der Waals surface area contributed by atoms with Crippen molar-refractivity contribution in [2.24, 2.45) is 0 Å². The first-order valence-corrected chi connectivity index (χ1v) is 11.1. The van der Waals surface area contributed by atoms with Crippen molar-refractivity contribution in [1.82, 2.24) is 9.88 Å². The van der Waals surface area contributed by atoms with Crippen molar-refractivity contribution in [1.29, 1.82) is 0 Å². The van der Waals surface area contributed by atoms with E-state index in [9.17, 15) is 23.9 Å². The van der Waals surface area contributed by atoms with Crippen molar-refractivity contribution in [2.45, 2.75) is 71.1 Å². The number of hydrogen-bond donors (Lipinski definition) is 3. The van der Waals surface area contributed by atoms with Crippen LogP contribution in [0, 0.1) is 19.7 Å². The van der Waals surface area contributed by atoms with Crippen LogP contribution in [0.15, 0.2) is 18.2 Å². The second-order valence-corrected chi connectivity index (χ2v) is 8.73. The zero-order valence-electron chi connectivity index (χ0n) is 18.3. The largest absolute Gasteiger partial charge is 0.391 e. The average molecular weight is 442 g/mol. The molecule has 1 aliphatic carbocycles. The summed E-state index contributed by atoms with van der Waals surface area (Å²) in [5.41, 5.74) is 2.70. The maximum Gasteiger partial charge on any atom is 0.294 e. The number of aromatic nitrogens is 1. The van der Waals surface area contributed by atoms with Crippen molar-refractivity contribution >= 4 is 23.3 Å². The van der Waals surface area contributed by atoms with E-state index in [1.807, 2.05) is 0 Å². The molecule has 2 aliphatic rings. The molecule has 170 valence electrons. The predicted molar refractivity (Wildman–Crippen MR) is 117 cm³/mol. The van der Waals surface area contributed by atoms with Crippen molar-refractivity contribution in [3.05, 3.63) is 52.1 Å². The van der Waals surface area contributed by atoms with Crippen LogP contribution < -0.4 is 10.6 Å². The van der Waals surface area contributed by atoms with Crippen LogP contribution in [0.4, 0.5) is 10.1 Å². The lowest BCUT2D eigenvalue weighted by molar-refractivity contribution is -0.118. The Bertz CT molecular complexity index is 1090. The minimum absolute atomic E-state index is 0.227. The highest BCUT2D eigenvalue weighted by molar-refractivity contribution is 6.43. The number of Topliss-reactive ketones (excluding diaryl/α,β-unsaturated/α-hetero) is 1. The SMILES string of the molecule is Cc1cc(NC(=O)c2c(C)c(C(=O)C(=O)N[C@H]3CCC[C@H]3O)n3c2CCCC3)ccc1F. The Morgan fingerprint density at radius 3 is 2.59 bits per heavy atom. The van der Waals surface area contributed by atoms with Gasteiger partial charge in [0.2, 0.25) is 0 Å². The number of halogens is 1. The lowest BCUT2D eigenvalue weighted by Gasteiger charge is -2.19.